The minimum atomic E-state index is -0.556. The van der Waals surface area contributed by atoms with Gasteiger partial charge in [0.25, 0.3) is 0 Å². The first kappa shape index (κ1) is 23.9. The molecule has 1 aromatic heterocycles. The van der Waals surface area contributed by atoms with E-state index < -0.39 is 5.82 Å². The fourth-order valence-corrected chi connectivity index (χ4v) is 3.42. The van der Waals surface area contributed by atoms with Crippen LogP contribution in [0.1, 0.15) is 18.4 Å². The molecule has 1 saturated heterocycles. The Morgan fingerprint density at radius 2 is 1.91 bits per heavy atom. The molecule has 3 amide bonds. The van der Waals surface area contributed by atoms with Gasteiger partial charge in [0.1, 0.15) is 5.75 Å². The van der Waals surface area contributed by atoms with E-state index in [0.717, 1.165) is 19.4 Å². The van der Waals surface area contributed by atoms with Crippen LogP contribution in [0.15, 0.2) is 73.1 Å². The summed E-state index contributed by atoms with van der Waals surface area (Å²) in [6, 6.07) is 14.2. The number of urea groups is 1. The Hall–Kier alpha value is -4.24. The van der Waals surface area contributed by atoms with Crippen molar-refractivity contribution in [1.29, 1.82) is 0 Å². The fourth-order valence-electron chi connectivity index (χ4n) is 3.42. The van der Waals surface area contributed by atoms with Gasteiger partial charge >= 0.3 is 6.03 Å². The number of hydrogen-bond donors (Lipinski definition) is 3. The van der Waals surface area contributed by atoms with Crippen LogP contribution in [0.4, 0.5) is 20.6 Å². The number of nitrogens with one attached hydrogen (secondary N) is 3. The molecule has 1 atom stereocenters. The van der Waals surface area contributed by atoms with E-state index in [0.29, 0.717) is 29.2 Å². The molecule has 0 aliphatic carbocycles. The van der Waals surface area contributed by atoms with Crippen LogP contribution in [-0.4, -0.2) is 36.2 Å². The Bertz CT molecular complexity index is 1180. The SMILES string of the molecule is O=C(/C=C/c1ccc(Oc2cccnc2)c(F)c1)Nc1ccc(NC(=O)NCC2CCCO2)cc1. The van der Waals surface area contributed by atoms with Gasteiger partial charge in [-0.2, -0.15) is 0 Å². The van der Waals surface area contributed by atoms with Crippen LogP contribution in [0.2, 0.25) is 0 Å². The van der Waals surface area contributed by atoms with Crippen LogP contribution in [-0.2, 0) is 9.53 Å². The van der Waals surface area contributed by atoms with Gasteiger partial charge in [0.15, 0.2) is 11.6 Å². The standard InChI is InChI=1S/C26H25FN4O4/c27-23-15-18(5-11-24(23)35-22-3-1-13-28-16-22)6-12-25(32)30-19-7-9-20(10-8-19)31-26(33)29-17-21-4-2-14-34-21/h1,3,5-13,15-16,21H,2,4,14,17H2,(H,30,32)(H2,29,31,33)/b12-6+. The van der Waals surface area contributed by atoms with E-state index in [9.17, 15) is 14.0 Å². The lowest BCUT2D eigenvalue weighted by atomic mass is 10.2. The van der Waals surface area contributed by atoms with Crippen molar-refractivity contribution in [2.24, 2.45) is 0 Å². The third-order valence-electron chi connectivity index (χ3n) is 5.17. The molecule has 1 fully saturated rings. The van der Waals surface area contributed by atoms with Crippen LogP contribution >= 0.6 is 0 Å². The molecule has 1 aliphatic rings. The fraction of sp³-hybridized carbons (Fsp3) is 0.192. The van der Waals surface area contributed by atoms with Gasteiger partial charge in [0.2, 0.25) is 5.91 Å². The zero-order chi connectivity index (χ0) is 24.5. The van der Waals surface area contributed by atoms with E-state index in [4.69, 9.17) is 9.47 Å². The van der Waals surface area contributed by atoms with E-state index in [-0.39, 0.29) is 23.8 Å². The molecular weight excluding hydrogens is 451 g/mol. The van der Waals surface area contributed by atoms with Gasteiger partial charge in [-0.15, -0.1) is 0 Å². The Morgan fingerprint density at radius 3 is 2.60 bits per heavy atom. The number of aromatic nitrogens is 1. The number of hydrogen-bond acceptors (Lipinski definition) is 5. The highest BCUT2D eigenvalue weighted by atomic mass is 19.1. The van der Waals surface area contributed by atoms with Crippen molar-refractivity contribution in [2.75, 3.05) is 23.8 Å². The predicted octanol–water partition coefficient (Wildman–Crippen LogP) is 4.97. The van der Waals surface area contributed by atoms with Crippen LogP contribution in [0.3, 0.4) is 0 Å². The molecule has 4 rings (SSSR count). The van der Waals surface area contributed by atoms with Crippen molar-refractivity contribution in [2.45, 2.75) is 18.9 Å². The molecule has 1 unspecified atom stereocenters. The summed E-state index contributed by atoms with van der Waals surface area (Å²) >= 11 is 0. The Balaban J connectivity index is 1.25. The molecule has 1 aliphatic heterocycles. The maximum absolute atomic E-state index is 14.3. The number of ether oxygens (including phenoxy) is 2. The number of anilines is 2. The van der Waals surface area contributed by atoms with Gasteiger partial charge in [0.05, 0.1) is 12.3 Å². The quantitative estimate of drug-likeness (QED) is 0.399. The minimum absolute atomic E-state index is 0.0638. The highest BCUT2D eigenvalue weighted by Gasteiger charge is 2.16. The summed E-state index contributed by atoms with van der Waals surface area (Å²) in [5.74, 6) is -0.446. The highest BCUT2D eigenvalue weighted by molar-refractivity contribution is 6.02. The van der Waals surface area contributed by atoms with Gasteiger partial charge < -0.3 is 25.4 Å². The monoisotopic (exact) mass is 476 g/mol. The van der Waals surface area contributed by atoms with E-state index in [2.05, 4.69) is 20.9 Å². The van der Waals surface area contributed by atoms with Gasteiger partial charge in [-0.1, -0.05) is 6.07 Å². The number of halogens is 1. The molecule has 2 aromatic carbocycles. The summed E-state index contributed by atoms with van der Waals surface area (Å²) in [6.07, 6.45) is 7.93. The first-order valence-electron chi connectivity index (χ1n) is 11.2. The number of rotatable bonds is 8. The second kappa shape index (κ2) is 11.8. The van der Waals surface area contributed by atoms with E-state index in [1.54, 1.807) is 48.7 Å². The second-order valence-corrected chi connectivity index (χ2v) is 7.85. The Labute approximate surface area is 202 Å². The van der Waals surface area contributed by atoms with Crippen LogP contribution in [0.25, 0.3) is 6.08 Å². The number of carbonyl (C=O) groups excluding carboxylic acids is 2. The van der Waals surface area contributed by atoms with Crippen molar-refractivity contribution in [3.05, 3.63) is 84.4 Å². The zero-order valence-electron chi connectivity index (χ0n) is 18.9. The first-order valence-corrected chi connectivity index (χ1v) is 11.2. The lowest BCUT2D eigenvalue weighted by Gasteiger charge is -2.12. The topological polar surface area (TPSA) is 102 Å². The van der Waals surface area contributed by atoms with E-state index in [1.165, 1.54) is 30.5 Å². The Morgan fingerprint density at radius 1 is 1.11 bits per heavy atom. The maximum Gasteiger partial charge on any atom is 0.319 e. The van der Waals surface area contributed by atoms with E-state index >= 15 is 0 Å². The molecule has 3 N–H and O–H groups in total. The number of benzene rings is 2. The number of pyridine rings is 1. The summed E-state index contributed by atoms with van der Waals surface area (Å²) in [5, 5.41) is 8.23. The first-order chi connectivity index (χ1) is 17.0. The lowest BCUT2D eigenvalue weighted by Crippen LogP contribution is -2.35. The molecule has 9 heteroatoms. The summed E-state index contributed by atoms with van der Waals surface area (Å²) < 4.78 is 25.3. The van der Waals surface area contributed by atoms with Crippen molar-refractivity contribution < 1.29 is 23.5 Å². The van der Waals surface area contributed by atoms with Crippen LogP contribution in [0.5, 0.6) is 11.5 Å². The number of amides is 3. The molecule has 8 nitrogen and oxygen atoms in total. The summed E-state index contributed by atoms with van der Waals surface area (Å²) in [7, 11) is 0. The number of carbonyl (C=O) groups is 2. The van der Waals surface area contributed by atoms with Crippen molar-refractivity contribution in [3.63, 3.8) is 0 Å². The molecule has 180 valence electrons. The molecule has 0 saturated carbocycles. The average molecular weight is 477 g/mol. The molecule has 0 bridgehead atoms. The molecule has 3 aromatic rings. The Kier molecular flexibility index (Phi) is 8.03. The van der Waals surface area contributed by atoms with Crippen molar-refractivity contribution in [1.82, 2.24) is 10.3 Å². The smallest absolute Gasteiger partial charge is 0.319 e. The lowest BCUT2D eigenvalue weighted by molar-refractivity contribution is -0.111. The van der Waals surface area contributed by atoms with E-state index in [1.807, 2.05) is 0 Å². The highest BCUT2D eigenvalue weighted by Crippen LogP contribution is 2.25. The largest absolute Gasteiger partial charge is 0.453 e. The average Bonchev–Trinajstić information content (AvgIpc) is 3.39. The zero-order valence-corrected chi connectivity index (χ0v) is 18.9. The second-order valence-electron chi connectivity index (χ2n) is 7.85. The molecule has 35 heavy (non-hydrogen) atoms. The van der Waals surface area contributed by atoms with Gasteiger partial charge in [-0.25, -0.2) is 9.18 Å². The van der Waals surface area contributed by atoms with Gasteiger partial charge in [-0.3, -0.25) is 9.78 Å². The molecular formula is C26H25FN4O4. The molecule has 2 heterocycles. The third kappa shape index (κ3) is 7.38. The summed E-state index contributed by atoms with van der Waals surface area (Å²) in [6.45, 7) is 1.21. The van der Waals surface area contributed by atoms with Crippen LogP contribution < -0.4 is 20.7 Å². The third-order valence-corrected chi connectivity index (χ3v) is 5.17. The number of nitrogens with zero attached hydrogens (tertiary/aromatic N) is 1. The van der Waals surface area contributed by atoms with Crippen molar-refractivity contribution in [3.8, 4) is 11.5 Å². The normalized spacial score (nSPS) is 15.1. The van der Waals surface area contributed by atoms with Gasteiger partial charge in [0, 0.05) is 36.8 Å². The molecule has 0 radical (unpaired) electrons. The predicted molar refractivity (Wildman–Crippen MR) is 131 cm³/mol. The minimum Gasteiger partial charge on any atom is -0.453 e. The van der Waals surface area contributed by atoms with Gasteiger partial charge in [-0.05, 0) is 73.0 Å². The maximum atomic E-state index is 14.3. The van der Waals surface area contributed by atoms with Crippen LogP contribution in [0, 0.1) is 5.82 Å². The molecule has 0 spiro atoms. The summed E-state index contributed by atoms with van der Waals surface area (Å²) in [4.78, 5) is 28.2. The summed E-state index contributed by atoms with van der Waals surface area (Å²) in [5.41, 5.74) is 1.65. The van der Waals surface area contributed by atoms with Crippen molar-refractivity contribution >= 4 is 29.4 Å².